The van der Waals surface area contributed by atoms with Crippen LogP contribution in [0.4, 0.5) is 5.69 Å². The van der Waals surface area contributed by atoms with Crippen LogP contribution in [0.2, 0.25) is 10.0 Å². The highest BCUT2D eigenvalue weighted by Crippen LogP contribution is 2.25. The lowest BCUT2D eigenvalue weighted by Gasteiger charge is -2.08. The van der Waals surface area contributed by atoms with Gasteiger partial charge in [-0.05, 0) is 32.0 Å². The zero-order chi connectivity index (χ0) is 17.2. The zero-order valence-electron chi connectivity index (χ0n) is 12.2. The lowest BCUT2D eigenvalue weighted by atomic mass is 10.3. The molecule has 2 rings (SSSR count). The molecule has 1 heterocycles. The molecule has 1 aromatic heterocycles. The number of sulfonamides is 1. The van der Waals surface area contributed by atoms with Gasteiger partial charge >= 0.3 is 0 Å². The number of aromatic nitrogens is 1. The SMILES string of the molecule is Cc1noc(C)c1S(=O)(=O)NCC(=O)Nc1ccc(Cl)c(Cl)c1. The highest BCUT2D eigenvalue weighted by Gasteiger charge is 2.24. The third kappa shape index (κ3) is 4.23. The third-order valence-electron chi connectivity index (χ3n) is 2.86. The van der Waals surface area contributed by atoms with Gasteiger partial charge in [0, 0.05) is 5.69 Å². The van der Waals surface area contributed by atoms with Crippen molar-refractivity contribution < 1.29 is 17.7 Å². The van der Waals surface area contributed by atoms with E-state index in [9.17, 15) is 13.2 Å². The Bertz CT molecular complexity index is 829. The van der Waals surface area contributed by atoms with Gasteiger partial charge in [0.05, 0.1) is 16.6 Å². The normalized spacial score (nSPS) is 11.5. The molecule has 0 atom stereocenters. The van der Waals surface area contributed by atoms with E-state index in [0.29, 0.717) is 10.7 Å². The van der Waals surface area contributed by atoms with Crippen LogP contribution in [0.15, 0.2) is 27.6 Å². The number of rotatable bonds is 5. The van der Waals surface area contributed by atoms with E-state index in [1.54, 1.807) is 6.07 Å². The molecule has 0 aliphatic rings. The van der Waals surface area contributed by atoms with Crippen LogP contribution in [0.3, 0.4) is 0 Å². The molecule has 0 bridgehead atoms. The maximum absolute atomic E-state index is 12.2. The molecule has 10 heteroatoms. The maximum atomic E-state index is 12.2. The Labute approximate surface area is 143 Å². The summed E-state index contributed by atoms with van der Waals surface area (Å²) in [5.74, 6) is -0.404. The fourth-order valence-corrected chi connectivity index (χ4v) is 3.48. The molecule has 0 saturated carbocycles. The number of hydrogen-bond donors (Lipinski definition) is 2. The molecule has 0 radical (unpaired) electrons. The average Bonchev–Trinajstić information content (AvgIpc) is 2.81. The highest BCUT2D eigenvalue weighted by molar-refractivity contribution is 7.89. The molecule has 0 fully saturated rings. The lowest BCUT2D eigenvalue weighted by Crippen LogP contribution is -2.33. The van der Waals surface area contributed by atoms with Crippen LogP contribution < -0.4 is 10.0 Å². The summed E-state index contributed by atoms with van der Waals surface area (Å²) in [7, 11) is -3.89. The molecule has 0 unspecified atom stereocenters. The van der Waals surface area contributed by atoms with Crippen LogP contribution >= 0.6 is 23.2 Å². The quantitative estimate of drug-likeness (QED) is 0.833. The van der Waals surface area contributed by atoms with Gasteiger partial charge in [-0.25, -0.2) is 13.1 Å². The number of carbonyl (C=O) groups is 1. The Kier molecular flexibility index (Phi) is 5.30. The van der Waals surface area contributed by atoms with E-state index in [0.717, 1.165) is 0 Å². The van der Waals surface area contributed by atoms with Crippen LogP contribution in [0, 0.1) is 13.8 Å². The molecule has 23 heavy (non-hydrogen) atoms. The minimum atomic E-state index is -3.89. The molecule has 2 N–H and O–H groups in total. The summed E-state index contributed by atoms with van der Waals surface area (Å²) >= 11 is 11.6. The van der Waals surface area contributed by atoms with Gasteiger partial charge in [-0.1, -0.05) is 28.4 Å². The van der Waals surface area contributed by atoms with E-state index in [1.807, 2.05) is 0 Å². The van der Waals surface area contributed by atoms with Gasteiger partial charge < -0.3 is 9.84 Å². The number of amides is 1. The number of nitrogens with zero attached hydrogens (tertiary/aromatic N) is 1. The van der Waals surface area contributed by atoms with Crippen LogP contribution in [-0.2, 0) is 14.8 Å². The minimum absolute atomic E-state index is 0.0696. The number of aryl methyl sites for hydroxylation is 2. The molecule has 124 valence electrons. The average molecular weight is 378 g/mol. The van der Waals surface area contributed by atoms with Crippen LogP contribution in [0.25, 0.3) is 0 Å². The van der Waals surface area contributed by atoms with Crippen molar-refractivity contribution in [3.05, 3.63) is 39.7 Å². The van der Waals surface area contributed by atoms with E-state index in [4.69, 9.17) is 27.7 Å². The van der Waals surface area contributed by atoms with Gasteiger partial charge in [-0.15, -0.1) is 0 Å². The third-order valence-corrected chi connectivity index (χ3v) is 5.25. The predicted molar refractivity (Wildman–Crippen MR) is 86.3 cm³/mol. The zero-order valence-corrected chi connectivity index (χ0v) is 14.5. The number of carbonyl (C=O) groups excluding carboxylic acids is 1. The molecule has 0 aliphatic heterocycles. The summed E-state index contributed by atoms with van der Waals surface area (Å²) in [6, 6.07) is 4.53. The first kappa shape index (κ1) is 17.7. The first-order valence-electron chi connectivity index (χ1n) is 6.38. The van der Waals surface area contributed by atoms with Crippen LogP contribution in [0.1, 0.15) is 11.5 Å². The summed E-state index contributed by atoms with van der Waals surface area (Å²) in [4.78, 5) is 11.8. The summed E-state index contributed by atoms with van der Waals surface area (Å²) in [6.45, 7) is 2.53. The summed E-state index contributed by atoms with van der Waals surface area (Å²) in [5.41, 5.74) is 0.626. The van der Waals surface area contributed by atoms with Crippen molar-refractivity contribution in [1.29, 1.82) is 0 Å². The Balaban J connectivity index is 2.02. The van der Waals surface area contributed by atoms with E-state index >= 15 is 0 Å². The van der Waals surface area contributed by atoms with Gasteiger partial charge in [0.1, 0.15) is 10.6 Å². The second-order valence-corrected chi connectivity index (χ2v) is 7.17. The number of benzene rings is 1. The molecule has 0 spiro atoms. The first-order valence-corrected chi connectivity index (χ1v) is 8.62. The number of halogens is 2. The number of hydrogen-bond acceptors (Lipinski definition) is 5. The van der Waals surface area contributed by atoms with Gasteiger partial charge in [-0.3, -0.25) is 4.79 Å². The van der Waals surface area contributed by atoms with Crippen molar-refractivity contribution in [3.63, 3.8) is 0 Å². The van der Waals surface area contributed by atoms with Gasteiger partial charge in [-0.2, -0.15) is 0 Å². The number of anilines is 1. The second-order valence-electron chi connectivity index (χ2n) is 4.65. The van der Waals surface area contributed by atoms with Crippen molar-refractivity contribution in [3.8, 4) is 0 Å². The van der Waals surface area contributed by atoms with E-state index < -0.39 is 22.5 Å². The maximum Gasteiger partial charge on any atom is 0.246 e. The molecule has 0 aliphatic carbocycles. The van der Waals surface area contributed by atoms with Crippen LogP contribution in [-0.4, -0.2) is 26.0 Å². The molecular formula is C13H13Cl2N3O4S. The van der Waals surface area contributed by atoms with Gasteiger partial charge in [0.2, 0.25) is 15.9 Å². The minimum Gasteiger partial charge on any atom is -0.360 e. The predicted octanol–water partition coefficient (Wildman–Crippen LogP) is 2.52. The van der Waals surface area contributed by atoms with Crippen molar-refractivity contribution in [1.82, 2.24) is 9.88 Å². The fourth-order valence-electron chi connectivity index (χ4n) is 1.87. The largest absolute Gasteiger partial charge is 0.360 e. The molecular weight excluding hydrogens is 365 g/mol. The Morgan fingerprint density at radius 2 is 1.96 bits per heavy atom. The summed E-state index contributed by atoms with van der Waals surface area (Å²) in [6.07, 6.45) is 0. The van der Waals surface area contributed by atoms with Gasteiger partial charge in [0.25, 0.3) is 0 Å². The van der Waals surface area contributed by atoms with E-state index in [-0.39, 0.29) is 21.4 Å². The first-order chi connectivity index (χ1) is 10.7. The van der Waals surface area contributed by atoms with Crippen molar-refractivity contribution in [2.24, 2.45) is 0 Å². The fraction of sp³-hybridized carbons (Fsp3) is 0.231. The van der Waals surface area contributed by atoms with E-state index in [2.05, 4.69) is 15.2 Å². The lowest BCUT2D eigenvalue weighted by molar-refractivity contribution is -0.115. The molecule has 2 aromatic rings. The van der Waals surface area contributed by atoms with Crippen molar-refractivity contribution >= 4 is 44.8 Å². The molecule has 7 nitrogen and oxygen atoms in total. The standard InChI is InChI=1S/C13H13Cl2N3O4S/c1-7-13(8(2)22-18-7)23(20,21)16-6-12(19)17-9-3-4-10(14)11(15)5-9/h3-5,16H,6H2,1-2H3,(H,17,19). The molecule has 1 amide bonds. The van der Waals surface area contributed by atoms with Crippen LogP contribution in [0.5, 0.6) is 0 Å². The topological polar surface area (TPSA) is 101 Å². The van der Waals surface area contributed by atoms with Crippen molar-refractivity contribution in [2.45, 2.75) is 18.7 Å². The van der Waals surface area contributed by atoms with Crippen molar-refractivity contribution in [2.75, 3.05) is 11.9 Å². The summed E-state index contributed by atoms with van der Waals surface area (Å²) < 4.78 is 31.3. The Morgan fingerprint density at radius 3 is 2.52 bits per heavy atom. The molecule has 1 aromatic carbocycles. The van der Waals surface area contributed by atoms with Gasteiger partial charge in [0.15, 0.2) is 5.76 Å². The highest BCUT2D eigenvalue weighted by atomic mass is 35.5. The van der Waals surface area contributed by atoms with E-state index in [1.165, 1.54) is 26.0 Å². The molecule has 0 saturated heterocycles. The Hall–Kier alpha value is -1.61. The number of nitrogens with one attached hydrogen (secondary N) is 2. The Morgan fingerprint density at radius 1 is 1.26 bits per heavy atom. The monoisotopic (exact) mass is 377 g/mol. The smallest absolute Gasteiger partial charge is 0.246 e. The summed E-state index contributed by atoms with van der Waals surface area (Å²) in [5, 5.41) is 6.71. The second kappa shape index (κ2) is 6.88.